The molecule has 1 aliphatic rings. The summed E-state index contributed by atoms with van der Waals surface area (Å²) in [4.78, 5) is 0.358. The molecule has 0 spiro atoms. The third-order valence-electron chi connectivity index (χ3n) is 3.78. The Morgan fingerprint density at radius 1 is 1.50 bits per heavy atom. The van der Waals surface area contributed by atoms with Gasteiger partial charge < -0.3 is 5.73 Å². The quantitative estimate of drug-likeness (QED) is 0.709. The minimum Gasteiger partial charge on any atom is -0.392 e. The number of rotatable bonds is 5. The summed E-state index contributed by atoms with van der Waals surface area (Å²) in [5, 5.41) is 6.37. The van der Waals surface area contributed by atoms with Crippen LogP contribution in [0.25, 0.3) is 0 Å². The van der Waals surface area contributed by atoms with Crippen molar-refractivity contribution in [1.29, 1.82) is 0 Å². The van der Waals surface area contributed by atoms with Crippen LogP contribution in [0.4, 0.5) is 0 Å². The highest BCUT2D eigenvalue weighted by Crippen LogP contribution is 2.27. The second-order valence-electron chi connectivity index (χ2n) is 5.26. The Morgan fingerprint density at radius 3 is 2.65 bits per heavy atom. The molecule has 1 aliphatic carbocycles. The molecule has 6 nitrogen and oxygen atoms in total. The van der Waals surface area contributed by atoms with Crippen LogP contribution in [0.15, 0.2) is 11.1 Å². The number of nitrogens with one attached hydrogen (secondary N) is 2. The number of aromatic amines is 1. The monoisotopic (exact) mass is 316 g/mol. The zero-order valence-corrected chi connectivity index (χ0v) is 13.1. The average molecular weight is 316 g/mol. The predicted molar refractivity (Wildman–Crippen MR) is 80.8 cm³/mol. The molecule has 0 saturated heterocycles. The van der Waals surface area contributed by atoms with E-state index in [2.05, 4.69) is 14.9 Å². The zero-order valence-electron chi connectivity index (χ0n) is 11.4. The summed E-state index contributed by atoms with van der Waals surface area (Å²) in [6.07, 6.45) is 6.58. The fourth-order valence-corrected chi connectivity index (χ4v) is 4.44. The first kappa shape index (κ1) is 15.4. The van der Waals surface area contributed by atoms with Crippen molar-refractivity contribution in [2.75, 3.05) is 0 Å². The Balaban J connectivity index is 2.19. The van der Waals surface area contributed by atoms with Crippen molar-refractivity contribution in [1.82, 2.24) is 14.9 Å². The molecule has 0 aliphatic heterocycles. The summed E-state index contributed by atoms with van der Waals surface area (Å²) in [7, 11) is -3.65. The van der Waals surface area contributed by atoms with Crippen molar-refractivity contribution in [2.24, 2.45) is 11.7 Å². The molecule has 2 rings (SSSR count). The van der Waals surface area contributed by atoms with E-state index in [1.54, 1.807) is 6.92 Å². The highest BCUT2D eigenvalue weighted by molar-refractivity contribution is 7.89. The van der Waals surface area contributed by atoms with Gasteiger partial charge in [-0.15, -0.1) is 0 Å². The Morgan fingerprint density at radius 2 is 2.15 bits per heavy atom. The molecule has 1 saturated carbocycles. The third kappa shape index (κ3) is 3.36. The van der Waals surface area contributed by atoms with Gasteiger partial charge in [-0.2, -0.15) is 5.10 Å². The molecule has 1 atom stereocenters. The van der Waals surface area contributed by atoms with Crippen molar-refractivity contribution in [3.8, 4) is 0 Å². The molecule has 0 amide bonds. The van der Waals surface area contributed by atoms with E-state index in [0.29, 0.717) is 5.69 Å². The Hall–Kier alpha value is -0.990. The number of aromatic nitrogens is 2. The normalized spacial score (nSPS) is 18.9. The molecule has 8 heteroatoms. The van der Waals surface area contributed by atoms with Gasteiger partial charge in [0.1, 0.15) is 4.90 Å². The van der Waals surface area contributed by atoms with Gasteiger partial charge in [0.2, 0.25) is 10.0 Å². The second-order valence-corrected chi connectivity index (χ2v) is 7.41. The molecule has 1 aromatic rings. The van der Waals surface area contributed by atoms with Crippen LogP contribution >= 0.6 is 12.2 Å². The van der Waals surface area contributed by atoms with Crippen LogP contribution in [-0.2, 0) is 10.0 Å². The van der Waals surface area contributed by atoms with E-state index in [0.717, 1.165) is 25.7 Å². The number of aryl methyl sites for hydroxylation is 1. The fourth-order valence-electron chi connectivity index (χ4n) is 2.70. The highest BCUT2D eigenvalue weighted by atomic mass is 32.2. The molecule has 1 fully saturated rings. The van der Waals surface area contributed by atoms with Crippen LogP contribution in [-0.4, -0.2) is 29.6 Å². The van der Waals surface area contributed by atoms with Gasteiger partial charge >= 0.3 is 0 Å². The molecule has 1 aromatic heterocycles. The lowest BCUT2D eigenvalue weighted by Gasteiger charge is -2.29. The first-order valence-electron chi connectivity index (χ1n) is 6.73. The van der Waals surface area contributed by atoms with Crippen LogP contribution in [0, 0.1) is 12.8 Å². The van der Waals surface area contributed by atoms with Gasteiger partial charge in [-0.3, -0.25) is 5.10 Å². The van der Waals surface area contributed by atoms with Crippen LogP contribution in [0.5, 0.6) is 0 Å². The molecule has 1 unspecified atom stereocenters. The van der Waals surface area contributed by atoms with Gasteiger partial charge in [0, 0.05) is 0 Å². The number of H-pyrrole nitrogens is 1. The zero-order chi connectivity index (χ0) is 14.8. The van der Waals surface area contributed by atoms with Gasteiger partial charge in [-0.1, -0.05) is 31.5 Å². The van der Waals surface area contributed by atoms with Gasteiger partial charge in [-0.25, -0.2) is 13.1 Å². The fraction of sp³-hybridized carbons (Fsp3) is 0.667. The summed E-state index contributed by atoms with van der Waals surface area (Å²) in [5.41, 5.74) is 6.25. The van der Waals surface area contributed by atoms with E-state index in [1.807, 2.05) is 0 Å². The minimum absolute atomic E-state index is 0.148. The summed E-state index contributed by atoms with van der Waals surface area (Å²) < 4.78 is 27.4. The third-order valence-corrected chi connectivity index (χ3v) is 5.59. The van der Waals surface area contributed by atoms with Crippen LogP contribution < -0.4 is 10.5 Å². The first-order valence-corrected chi connectivity index (χ1v) is 8.62. The number of nitrogens with two attached hydrogens (primary N) is 1. The van der Waals surface area contributed by atoms with Crippen molar-refractivity contribution in [3.05, 3.63) is 11.9 Å². The SMILES string of the molecule is Cc1[nH]ncc1S(=O)(=O)NC(C(N)=S)C1CCCCC1. The molecule has 0 aromatic carbocycles. The van der Waals surface area contributed by atoms with Crippen molar-refractivity contribution in [3.63, 3.8) is 0 Å². The molecule has 1 heterocycles. The molecular weight excluding hydrogens is 296 g/mol. The van der Waals surface area contributed by atoms with Crippen LogP contribution in [0.2, 0.25) is 0 Å². The second kappa shape index (κ2) is 6.19. The molecule has 4 N–H and O–H groups in total. The highest BCUT2D eigenvalue weighted by Gasteiger charge is 2.31. The molecule has 0 radical (unpaired) electrons. The van der Waals surface area contributed by atoms with Crippen molar-refractivity contribution >= 4 is 27.2 Å². The lowest BCUT2D eigenvalue weighted by atomic mass is 9.84. The summed E-state index contributed by atoms with van der Waals surface area (Å²) >= 11 is 5.06. The van der Waals surface area contributed by atoms with E-state index in [-0.39, 0.29) is 15.8 Å². The molecule has 112 valence electrons. The van der Waals surface area contributed by atoms with Crippen LogP contribution in [0.3, 0.4) is 0 Å². The van der Waals surface area contributed by atoms with E-state index in [4.69, 9.17) is 18.0 Å². The van der Waals surface area contributed by atoms with Gasteiger partial charge in [0.15, 0.2) is 0 Å². The largest absolute Gasteiger partial charge is 0.392 e. The Kier molecular flexibility index (Phi) is 4.77. The number of hydrogen-bond acceptors (Lipinski definition) is 4. The minimum atomic E-state index is -3.65. The molecule has 0 bridgehead atoms. The Bertz CT molecular complexity index is 576. The lowest BCUT2D eigenvalue weighted by Crippen LogP contribution is -2.48. The van der Waals surface area contributed by atoms with Crippen molar-refractivity contribution in [2.45, 2.75) is 50.0 Å². The van der Waals surface area contributed by atoms with E-state index < -0.39 is 16.1 Å². The summed E-state index contributed by atoms with van der Waals surface area (Å²) in [5.74, 6) is 0.184. The average Bonchev–Trinajstić information content (AvgIpc) is 2.84. The first-order chi connectivity index (χ1) is 9.42. The Labute approximate surface area is 124 Å². The number of sulfonamides is 1. The lowest BCUT2D eigenvalue weighted by molar-refractivity contribution is 0.330. The topological polar surface area (TPSA) is 101 Å². The van der Waals surface area contributed by atoms with E-state index >= 15 is 0 Å². The number of hydrogen-bond donors (Lipinski definition) is 3. The summed E-state index contributed by atoms with van der Waals surface area (Å²) in [6.45, 7) is 1.66. The maximum absolute atomic E-state index is 12.4. The van der Waals surface area contributed by atoms with E-state index in [9.17, 15) is 8.42 Å². The van der Waals surface area contributed by atoms with Crippen LogP contribution in [0.1, 0.15) is 37.8 Å². The maximum atomic E-state index is 12.4. The standard InChI is InChI=1S/C12H20N4O2S2/c1-8-10(7-14-15-8)20(17,18)16-11(12(13)19)9-5-3-2-4-6-9/h7,9,11,16H,2-6H2,1H3,(H2,13,19)(H,14,15). The number of nitrogens with zero attached hydrogens (tertiary/aromatic N) is 1. The smallest absolute Gasteiger partial charge is 0.244 e. The van der Waals surface area contributed by atoms with E-state index in [1.165, 1.54) is 12.6 Å². The summed E-state index contributed by atoms with van der Waals surface area (Å²) in [6, 6.07) is -0.482. The van der Waals surface area contributed by atoms with Gasteiger partial charge in [0.05, 0.1) is 22.9 Å². The van der Waals surface area contributed by atoms with Crippen molar-refractivity contribution < 1.29 is 8.42 Å². The molecular formula is C12H20N4O2S2. The van der Waals surface area contributed by atoms with Gasteiger partial charge in [-0.05, 0) is 25.7 Å². The molecule has 20 heavy (non-hydrogen) atoms. The maximum Gasteiger partial charge on any atom is 0.244 e. The number of thiocarbonyl (C=S) groups is 1. The predicted octanol–water partition coefficient (Wildman–Crippen LogP) is 1.23. The van der Waals surface area contributed by atoms with Gasteiger partial charge in [0.25, 0.3) is 0 Å².